The second kappa shape index (κ2) is 11.2. The van der Waals surface area contributed by atoms with Gasteiger partial charge in [-0.15, -0.1) is 0 Å². The SMILES string of the molecule is CC(=O)N1CCN(c2ccc(NC3=CC(NCc4cc(-n5ccnc5)ccc4F)=C(C(N)=O)NN3)cc2)CC1. The van der Waals surface area contributed by atoms with Gasteiger partial charge in [0.2, 0.25) is 5.91 Å². The first-order valence-electron chi connectivity index (χ1n) is 12.5. The van der Waals surface area contributed by atoms with Gasteiger partial charge >= 0.3 is 0 Å². The third-order valence-electron chi connectivity index (χ3n) is 6.66. The van der Waals surface area contributed by atoms with Crippen molar-refractivity contribution < 1.29 is 14.0 Å². The number of amides is 2. The van der Waals surface area contributed by atoms with Crippen LogP contribution in [0.1, 0.15) is 12.5 Å². The zero-order valence-electron chi connectivity index (χ0n) is 21.4. The van der Waals surface area contributed by atoms with Crippen LogP contribution < -0.4 is 32.1 Å². The Morgan fingerprint density at radius 1 is 1.05 bits per heavy atom. The Kier molecular flexibility index (Phi) is 7.34. The number of allylic oxidation sites excluding steroid dienone is 1. The van der Waals surface area contributed by atoms with E-state index in [-0.39, 0.29) is 24.0 Å². The van der Waals surface area contributed by atoms with Crippen LogP contribution in [0.25, 0.3) is 5.69 Å². The van der Waals surface area contributed by atoms with Crippen LogP contribution in [0, 0.1) is 5.82 Å². The van der Waals surface area contributed by atoms with E-state index in [0.29, 0.717) is 30.2 Å². The molecule has 3 heterocycles. The van der Waals surface area contributed by atoms with Gasteiger partial charge in [-0.25, -0.2) is 9.37 Å². The quantitative estimate of drug-likeness (QED) is 0.296. The van der Waals surface area contributed by atoms with Crippen molar-refractivity contribution >= 4 is 23.2 Å². The molecule has 2 aromatic carbocycles. The molecule has 5 rings (SSSR count). The Hall–Kier alpha value is -5.00. The molecule has 11 nitrogen and oxygen atoms in total. The summed E-state index contributed by atoms with van der Waals surface area (Å²) in [4.78, 5) is 31.7. The standard InChI is InChI=1S/C27H30FN9O2/c1-18(38)35-10-12-36(13-11-35)21-4-2-20(3-5-21)32-25-15-24(26(27(29)39)34-33-25)31-16-19-14-22(6-7-23(19)28)37-9-8-30-17-37/h2-9,14-15,17,31-34H,10-13,16H2,1H3,(H2,29,39). The highest BCUT2D eigenvalue weighted by Crippen LogP contribution is 2.21. The van der Waals surface area contributed by atoms with E-state index in [1.165, 1.54) is 6.07 Å². The average molecular weight is 532 g/mol. The van der Waals surface area contributed by atoms with Gasteiger partial charge in [0.25, 0.3) is 5.91 Å². The number of imidazole rings is 1. The number of nitrogens with two attached hydrogens (primary N) is 1. The van der Waals surface area contributed by atoms with Crippen molar-refractivity contribution in [3.8, 4) is 5.69 Å². The lowest BCUT2D eigenvalue weighted by atomic mass is 10.1. The first kappa shape index (κ1) is 25.6. The zero-order chi connectivity index (χ0) is 27.4. The molecule has 0 bridgehead atoms. The van der Waals surface area contributed by atoms with Gasteiger partial charge in [-0.05, 0) is 42.5 Å². The number of rotatable bonds is 8. The van der Waals surface area contributed by atoms with Crippen LogP contribution in [0.4, 0.5) is 15.8 Å². The molecule has 2 aliphatic heterocycles. The normalized spacial score (nSPS) is 15.3. The topological polar surface area (TPSA) is 133 Å². The Bertz CT molecular complexity index is 1410. The fourth-order valence-electron chi connectivity index (χ4n) is 4.50. The molecule has 202 valence electrons. The summed E-state index contributed by atoms with van der Waals surface area (Å²) >= 11 is 0. The fourth-order valence-corrected chi connectivity index (χ4v) is 4.50. The maximum absolute atomic E-state index is 14.6. The number of hydrazine groups is 1. The summed E-state index contributed by atoms with van der Waals surface area (Å²) in [6, 6.07) is 12.7. The van der Waals surface area contributed by atoms with Gasteiger partial charge in [-0.2, -0.15) is 0 Å². The number of hydrogen-bond acceptors (Lipinski definition) is 8. The van der Waals surface area contributed by atoms with Crippen molar-refractivity contribution in [2.24, 2.45) is 5.73 Å². The van der Waals surface area contributed by atoms with E-state index in [2.05, 4.69) is 31.4 Å². The molecule has 0 radical (unpaired) electrons. The van der Waals surface area contributed by atoms with Gasteiger partial charge in [-0.1, -0.05) is 0 Å². The molecule has 0 aliphatic carbocycles. The van der Waals surface area contributed by atoms with E-state index in [4.69, 9.17) is 5.73 Å². The molecule has 0 atom stereocenters. The number of nitrogens with zero attached hydrogens (tertiary/aromatic N) is 4. The van der Waals surface area contributed by atoms with Crippen molar-refractivity contribution in [1.82, 2.24) is 30.6 Å². The lowest BCUT2D eigenvalue weighted by Gasteiger charge is -2.35. The van der Waals surface area contributed by atoms with E-state index in [1.807, 2.05) is 29.2 Å². The van der Waals surface area contributed by atoms with E-state index < -0.39 is 5.91 Å². The predicted octanol–water partition coefficient (Wildman–Crippen LogP) is 1.53. The van der Waals surface area contributed by atoms with Crippen LogP contribution in [0.15, 0.2) is 84.5 Å². The molecule has 0 saturated carbocycles. The molecule has 0 spiro atoms. The highest BCUT2D eigenvalue weighted by Gasteiger charge is 2.20. The van der Waals surface area contributed by atoms with Gasteiger partial charge in [0.1, 0.15) is 17.3 Å². The van der Waals surface area contributed by atoms with Gasteiger partial charge in [0.15, 0.2) is 0 Å². The highest BCUT2D eigenvalue weighted by atomic mass is 19.1. The molecule has 0 unspecified atom stereocenters. The molecular formula is C27H30FN9O2. The first-order valence-corrected chi connectivity index (χ1v) is 12.5. The maximum atomic E-state index is 14.6. The van der Waals surface area contributed by atoms with E-state index in [9.17, 15) is 14.0 Å². The van der Waals surface area contributed by atoms with Crippen molar-refractivity contribution in [2.75, 3.05) is 36.4 Å². The number of carbonyl (C=O) groups is 2. The van der Waals surface area contributed by atoms with Gasteiger partial charge in [-0.3, -0.25) is 20.4 Å². The molecule has 39 heavy (non-hydrogen) atoms. The molecule has 1 fully saturated rings. The van der Waals surface area contributed by atoms with Crippen LogP contribution in [-0.2, 0) is 16.1 Å². The number of aromatic nitrogens is 2. The monoisotopic (exact) mass is 531 g/mol. The maximum Gasteiger partial charge on any atom is 0.268 e. The number of primary amides is 1. The molecule has 3 aromatic rings. The minimum atomic E-state index is -0.665. The van der Waals surface area contributed by atoms with Crippen LogP contribution in [-0.4, -0.2) is 52.4 Å². The van der Waals surface area contributed by atoms with Gasteiger partial charge in [0, 0.05) is 80.7 Å². The second-order valence-corrected chi connectivity index (χ2v) is 9.23. The Morgan fingerprint density at radius 3 is 2.46 bits per heavy atom. The number of halogens is 1. The molecule has 6 N–H and O–H groups in total. The number of hydrogen-bond donors (Lipinski definition) is 5. The third-order valence-corrected chi connectivity index (χ3v) is 6.66. The van der Waals surface area contributed by atoms with E-state index in [1.54, 1.807) is 48.4 Å². The number of carbonyl (C=O) groups excluding carboxylic acids is 2. The summed E-state index contributed by atoms with van der Waals surface area (Å²) < 4.78 is 16.3. The zero-order valence-corrected chi connectivity index (χ0v) is 21.4. The summed E-state index contributed by atoms with van der Waals surface area (Å²) in [6.45, 7) is 4.70. The molecule has 12 heteroatoms. The van der Waals surface area contributed by atoms with Crippen molar-refractivity contribution in [1.29, 1.82) is 0 Å². The average Bonchev–Trinajstić information content (AvgIpc) is 3.48. The summed E-state index contributed by atoms with van der Waals surface area (Å²) in [5.74, 6) is -0.369. The third kappa shape index (κ3) is 5.95. The van der Waals surface area contributed by atoms with Gasteiger partial charge in [0.05, 0.1) is 12.0 Å². The van der Waals surface area contributed by atoms with Crippen LogP contribution >= 0.6 is 0 Å². The lowest BCUT2D eigenvalue weighted by molar-refractivity contribution is -0.129. The Labute approximate surface area is 225 Å². The summed E-state index contributed by atoms with van der Waals surface area (Å²) in [5.41, 5.74) is 14.9. The van der Waals surface area contributed by atoms with Crippen LogP contribution in [0.5, 0.6) is 0 Å². The fraction of sp³-hybridized carbons (Fsp3) is 0.222. The van der Waals surface area contributed by atoms with Crippen molar-refractivity contribution in [3.05, 3.63) is 95.9 Å². The molecule has 1 saturated heterocycles. The molecule has 2 amide bonds. The first-order chi connectivity index (χ1) is 18.9. The van der Waals surface area contributed by atoms with E-state index >= 15 is 0 Å². The minimum absolute atomic E-state index is 0.103. The summed E-state index contributed by atoms with van der Waals surface area (Å²) in [5, 5.41) is 6.39. The smallest absolute Gasteiger partial charge is 0.268 e. The summed E-state index contributed by atoms with van der Waals surface area (Å²) in [7, 11) is 0. The molecule has 1 aromatic heterocycles. The molecular weight excluding hydrogens is 501 g/mol. The number of piperazine rings is 1. The summed E-state index contributed by atoms with van der Waals surface area (Å²) in [6.07, 6.45) is 6.76. The largest absolute Gasteiger partial charge is 0.379 e. The van der Waals surface area contributed by atoms with E-state index in [0.717, 1.165) is 30.2 Å². The van der Waals surface area contributed by atoms with Gasteiger partial charge < -0.3 is 30.7 Å². The Balaban J connectivity index is 1.26. The van der Waals surface area contributed by atoms with Crippen LogP contribution in [0.3, 0.4) is 0 Å². The highest BCUT2D eigenvalue weighted by molar-refractivity contribution is 5.92. The van der Waals surface area contributed by atoms with Crippen LogP contribution in [0.2, 0.25) is 0 Å². The Morgan fingerprint density at radius 2 is 1.79 bits per heavy atom. The predicted molar refractivity (Wildman–Crippen MR) is 145 cm³/mol. The second-order valence-electron chi connectivity index (χ2n) is 9.23. The molecule has 2 aliphatic rings. The van der Waals surface area contributed by atoms with Crippen molar-refractivity contribution in [2.45, 2.75) is 13.5 Å². The number of anilines is 2. The lowest BCUT2D eigenvalue weighted by Crippen LogP contribution is -2.48. The number of nitrogens with one attached hydrogen (secondary N) is 4. The number of benzene rings is 2. The minimum Gasteiger partial charge on any atom is -0.379 e. The van der Waals surface area contributed by atoms with Crippen molar-refractivity contribution in [3.63, 3.8) is 0 Å².